The van der Waals surface area contributed by atoms with Gasteiger partial charge < -0.3 is 15.4 Å². The van der Waals surface area contributed by atoms with E-state index >= 15 is 0 Å². The molecule has 2 N–H and O–H groups in total. The maximum Gasteiger partial charge on any atom is 0.323 e. The SMILES string of the molecule is COC(C)c1c(NC(=O)Nc2ccc(-n3nccn3)c(C#N)c2)cnc2sc(C)nc12. The third kappa shape index (κ3) is 4.07. The van der Waals surface area contributed by atoms with E-state index in [9.17, 15) is 10.1 Å². The van der Waals surface area contributed by atoms with Crippen molar-refractivity contribution < 1.29 is 9.53 Å². The van der Waals surface area contributed by atoms with E-state index in [1.54, 1.807) is 31.5 Å². The highest BCUT2D eigenvalue weighted by Crippen LogP contribution is 2.33. The molecule has 1 atom stereocenters. The number of fused-ring (bicyclic) bond motifs is 1. The number of thiazole rings is 1. The number of methoxy groups -OCH3 is 1. The number of aromatic nitrogens is 5. The zero-order valence-corrected chi connectivity index (χ0v) is 17.8. The number of carbonyl (C=O) groups is 1. The maximum atomic E-state index is 12.7. The van der Waals surface area contributed by atoms with E-state index in [0.29, 0.717) is 28.1 Å². The Morgan fingerprint density at radius 3 is 2.77 bits per heavy atom. The van der Waals surface area contributed by atoms with E-state index < -0.39 is 6.03 Å². The van der Waals surface area contributed by atoms with Crippen LogP contribution in [0.3, 0.4) is 0 Å². The average molecular weight is 434 g/mol. The Balaban J connectivity index is 1.59. The highest BCUT2D eigenvalue weighted by molar-refractivity contribution is 7.18. The molecule has 0 spiro atoms. The standard InChI is InChI=1S/C20H18N8O2S/c1-11(30-3)17-15(10-22-19-18(17)25-12(2)31-19)27-20(29)26-14-4-5-16(13(8-14)9-21)28-23-6-7-24-28/h4-8,10-11H,1-3H3,(H2,26,27,29). The largest absolute Gasteiger partial charge is 0.377 e. The summed E-state index contributed by atoms with van der Waals surface area (Å²) < 4.78 is 5.49. The van der Waals surface area contributed by atoms with Crippen molar-refractivity contribution in [3.8, 4) is 11.8 Å². The van der Waals surface area contributed by atoms with Gasteiger partial charge in [-0.3, -0.25) is 0 Å². The molecule has 4 rings (SSSR count). The second-order valence-corrected chi connectivity index (χ2v) is 7.77. The molecule has 1 aromatic carbocycles. The van der Waals surface area contributed by atoms with Crippen molar-refractivity contribution >= 4 is 39.1 Å². The van der Waals surface area contributed by atoms with Crippen LogP contribution in [0.25, 0.3) is 16.0 Å². The number of hydrogen-bond donors (Lipinski definition) is 2. The van der Waals surface area contributed by atoms with Gasteiger partial charge in [0.15, 0.2) is 0 Å². The van der Waals surface area contributed by atoms with Crippen LogP contribution in [-0.4, -0.2) is 38.1 Å². The lowest BCUT2D eigenvalue weighted by Gasteiger charge is -2.16. The van der Waals surface area contributed by atoms with Crippen LogP contribution >= 0.6 is 11.3 Å². The molecule has 0 saturated heterocycles. The lowest BCUT2D eigenvalue weighted by molar-refractivity contribution is 0.121. The second-order valence-electron chi connectivity index (χ2n) is 6.59. The molecule has 156 valence electrons. The molecule has 0 saturated carbocycles. The van der Waals surface area contributed by atoms with Gasteiger partial charge in [0.05, 0.1) is 41.0 Å². The minimum Gasteiger partial charge on any atom is -0.377 e. The molecule has 0 aliphatic heterocycles. The molecule has 31 heavy (non-hydrogen) atoms. The van der Waals surface area contributed by atoms with E-state index in [0.717, 1.165) is 15.4 Å². The molecule has 0 fully saturated rings. The number of pyridine rings is 1. The minimum absolute atomic E-state index is 0.298. The van der Waals surface area contributed by atoms with Gasteiger partial charge in [0.25, 0.3) is 0 Å². The Morgan fingerprint density at radius 1 is 1.29 bits per heavy atom. The molecule has 3 heterocycles. The first-order valence-electron chi connectivity index (χ1n) is 9.28. The number of benzene rings is 1. The van der Waals surface area contributed by atoms with Crippen LogP contribution in [0.2, 0.25) is 0 Å². The Morgan fingerprint density at radius 2 is 2.06 bits per heavy atom. The molecule has 3 aromatic heterocycles. The van der Waals surface area contributed by atoms with Crippen molar-refractivity contribution in [2.75, 3.05) is 17.7 Å². The summed E-state index contributed by atoms with van der Waals surface area (Å²) in [5, 5.41) is 24.0. The van der Waals surface area contributed by atoms with Crippen LogP contribution < -0.4 is 10.6 Å². The molecule has 0 radical (unpaired) electrons. The predicted molar refractivity (Wildman–Crippen MR) is 116 cm³/mol. The summed E-state index contributed by atoms with van der Waals surface area (Å²) in [5.41, 5.74) is 3.25. The van der Waals surface area contributed by atoms with E-state index in [-0.39, 0.29) is 6.10 Å². The van der Waals surface area contributed by atoms with Crippen LogP contribution in [-0.2, 0) is 4.74 Å². The first kappa shape index (κ1) is 20.4. The highest BCUT2D eigenvalue weighted by atomic mass is 32.1. The normalized spacial score (nSPS) is 11.8. The fraction of sp³-hybridized carbons (Fsp3) is 0.200. The van der Waals surface area contributed by atoms with Crippen LogP contribution in [0.5, 0.6) is 0 Å². The topological polar surface area (TPSA) is 131 Å². The van der Waals surface area contributed by atoms with Gasteiger partial charge in [-0.25, -0.2) is 14.8 Å². The number of nitrogens with one attached hydrogen (secondary N) is 2. The van der Waals surface area contributed by atoms with Crippen molar-refractivity contribution in [3.05, 3.63) is 52.9 Å². The summed E-state index contributed by atoms with van der Waals surface area (Å²) in [4.78, 5) is 23.8. The smallest absolute Gasteiger partial charge is 0.323 e. The molecule has 0 bridgehead atoms. The van der Waals surface area contributed by atoms with Gasteiger partial charge in [-0.05, 0) is 32.0 Å². The van der Waals surface area contributed by atoms with Gasteiger partial charge in [0.2, 0.25) is 0 Å². The first-order valence-corrected chi connectivity index (χ1v) is 10.1. The van der Waals surface area contributed by atoms with Crippen molar-refractivity contribution in [1.82, 2.24) is 25.0 Å². The monoisotopic (exact) mass is 434 g/mol. The summed E-state index contributed by atoms with van der Waals surface area (Å²) in [6.07, 6.45) is 4.34. The van der Waals surface area contributed by atoms with Crippen molar-refractivity contribution in [3.63, 3.8) is 0 Å². The fourth-order valence-electron chi connectivity index (χ4n) is 3.13. The van der Waals surface area contributed by atoms with Gasteiger partial charge in [0.1, 0.15) is 22.1 Å². The number of nitrogens with zero attached hydrogens (tertiary/aromatic N) is 6. The number of ether oxygens (including phenoxy) is 1. The van der Waals surface area contributed by atoms with Crippen molar-refractivity contribution in [1.29, 1.82) is 5.26 Å². The molecular formula is C20H18N8O2S. The summed E-state index contributed by atoms with van der Waals surface area (Å²) in [6.45, 7) is 3.79. The van der Waals surface area contributed by atoms with Gasteiger partial charge in [-0.2, -0.15) is 20.3 Å². The average Bonchev–Trinajstić information content (AvgIpc) is 3.42. The molecule has 0 aliphatic rings. The summed E-state index contributed by atoms with van der Waals surface area (Å²) in [6, 6.07) is 6.51. The predicted octanol–water partition coefficient (Wildman–Crippen LogP) is 3.80. The number of aryl methyl sites for hydroxylation is 1. The molecule has 2 amide bonds. The molecule has 11 heteroatoms. The van der Waals surface area contributed by atoms with Crippen molar-refractivity contribution in [2.45, 2.75) is 20.0 Å². The summed E-state index contributed by atoms with van der Waals surface area (Å²) >= 11 is 1.48. The van der Waals surface area contributed by atoms with Crippen LogP contribution in [0, 0.1) is 18.3 Å². The molecule has 4 aromatic rings. The van der Waals surface area contributed by atoms with E-state index in [1.807, 2.05) is 13.8 Å². The van der Waals surface area contributed by atoms with Crippen molar-refractivity contribution in [2.24, 2.45) is 0 Å². The van der Waals surface area contributed by atoms with Gasteiger partial charge in [0, 0.05) is 18.4 Å². The van der Waals surface area contributed by atoms with E-state index in [1.165, 1.54) is 28.5 Å². The quantitative estimate of drug-likeness (QED) is 0.488. The lowest BCUT2D eigenvalue weighted by Crippen LogP contribution is -2.21. The Kier molecular flexibility index (Phi) is 5.57. The third-order valence-corrected chi connectivity index (χ3v) is 5.47. The molecule has 1 unspecified atom stereocenters. The Hall–Kier alpha value is -3.88. The molecular weight excluding hydrogens is 416 g/mol. The van der Waals surface area contributed by atoms with E-state index in [4.69, 9.17) is 4.74 Å². The number of anilines is 2. The maximum absolute atomic E-state index is 12.7. The number of amides is 2. The Bertz CT molecular complexity index is 1290. The number of nitriles is 1. The summed E-state index contributed by atoms with van der Waals surface area (Å²) in [7, 11) is 1.60. The molecule has 0 aliphatic carbocycles. The van der Waals surface area contributed by atoms with Gasteiger partial charge >= 0.3 is 6.03 Å². The number of urea groups is 1. The molecule has 10 nitrogen and oxygen atoms in total. The first-order chi connectivity index (χ1) is 15.0. The summed E-state index contributed by atoms with van der Waals surface area (Å²) in [5.74, 6) is 0. The fourth-order valence-corrected chi connectivity index (χ4v) is 3.91. The number of carbonyl (C=O) groups excluding carboxylic acids is 1. The lowest BCUT2D eigenvalue weighted by atomic mass is 10.1. The van der Waals surface area contributed by atoms with Crippen LogP contribution in [0.15, 0.2) is 36.8 Å². The third-order valence-electron chi connectivity index (χ3n) is 4.59. The minimum atomic E-state index is -0.480. The van der Waals surface area contributed by atoms with E-state index in [2.05, 4.69) is 36.9 Å². The van der Waals surface area contributed by atoms with Crippen LogP contribution in [0.4, 0.5) is 16.2 Å². The number of hydrogen-bond acceptors (Lipinski definition) is 8. The highest BCUT2D eigenvalue weighted by Gasteiger charge is 2.20. The van der Waals surface area contributed by atoms with Crippen LogP contribution in [0.1, 0.15) is 29.2 Å². The second kappa shape index (κ2) is 8.47. The number of rotatable bonds is 5. The van der Waals surface area contributed by atoms with Gasteiger partial charge in [-0.15, -0.1) is 0 Å². The van der Waals surface area contributed by atoms with Gasteiger partial charge in [-0.1, -0.05) is 11.3 Å². The Labute approximate surface area is 181 Å². The zero-order valence-electron chi connectivity index (χ0n) is 16.9. The zero-order chi connectivity index (χ0) is 22.0.